The number of hydrogen-bond acceptors (Lipinski definition) is 5. The molecule has 116 valence electrons. The van der Waals surface area contributed by atoms with E-state index in [0.717, 1.165) is 22.7 Å². The van der Waals surface area contributed by atoms with E-state index in [2.05, 4.69) is 0 Å². The van der Waals surface area contributed by atoms with Crippen LogP contribution in [-0.4, -0.2) is 27.9 Å². The van der Waals surface area contributed by atoms with E-state index in [1.54, 1.807) is 36.4 Å². The summed E-state index contributed by atoms with van der Waals surface area (Å²) in [5.41, 5.74) is 0.424. The molecule has 1 atom stereocenters. The van der Waals surface area contributed by atoms with E-state index in [-0.39, 0.29) is 4.88 Å². The second kappa shape index (κ2) is 5.94. The third-order valence-electron chi connectivity index (χ3n) is 3.30. The van der Waals surface area contributed by atoms with Crippen LogP contribution in [0.25, 0.3) is 9.40 Å². The average molecular weight is 346 g/mol. The number of ketones is 1. The highest BCUT2D eigenvalue weighted by atomic mass is 32.1. The number of carbonyl (C=O) groups is 3. The highest BCUT2D eigenvalue weighted by molar-refractivity contribution is 7.29. The molecule has 3 rings (SSSR count). The third-order valence-corrected chi connectivity index (χ3v) is 5.60. The van der Waals surface area contributed by atoms with Crippen LogP contribution in [-0.2, 0) is 4.79 Å². The van der Waals surface area contributed by atoms with Gasteiger partial charge >= 0.3 is 11.9 Å². The van der Waals surface area contributed by atoms with Gasteiger partial charge in [0.1, 0.15) is 10.8 Å². The van der Waals surface area contributed by atoms with Crippen LogP contribution < -0.4 is 0 Å². The van der Waals surface area contributed by atoms with Crippen LogP contribution in [0.15, 0.2) is 42.5 Å². The zero-order chi connectivity index (χ0) is 16.6. The Morgan fingerprint density at radius 1 is 0.870 bits per heavy atom. The summed E-state index contributed by atoms with van der Waals surface area (Å²) in [5.74, 6) is -3.97. The van der Waals surface area contributed by atoms with Crippen LogP contribution >= 0.6 is 22.7 Å². The number of thiophene rings is 2. The topological polar surface area (TPSA) is 91.7 Å². The molecule has 0 radical (unpaired) electrons. The molecular formula is C16H10O5S2. The van der Waals surface area contributed by atoms with Crippen molar-refractivity contribution in [1.29, 1.82) is 0 Å². The van der Waals surface area contributed by atoms with Gasteiger partial charge in [0.2, 0.25) is 0 Å². The lowest BCUT2D eigenvalue weighted by Gasteiger charge is -2.10. The first-order valence-corrected chi connectivity index (χ1v) is 8.19. The van der Waals surface area contributed by atoms with Gasteiger partial charge in [-0.3, -0.25) is 9.59 Å². The summed E-state index contributed by atoms with van der Waals surface area (Å²) in [7, 11) is 0. The number of aliphatic carboxylic acids is 1. The third kappa shape index (κ3) is 2.88. The molecule has 2 aromatic heterocycles. The van der Waals surface area contributed by atoms with E-state index in [9.17, 15) is 19.5 Å². The molecular weight excluding hydrogens is 336 g/mol. The van der Waals surface area contributed by atoms with Gasteiger partial charge in [0, 0.05) is 9.40 Å². The summed E-state index contributed by atoms with van der Waals surface area (Å²) in [5, 5.41) is 18.4. The van der Waals surface area contributed by atoms with Crippen molar-refractivity contribution < 1.29 is 24.6 Å². The Balaban J connectivity index is 1.99. The molecule has 0 fully saturated rings. The number of carbonyl (C=O) groups excluding carboxylic acids is 1. The van der Waals surface area contributed by atoms with Crippen LogP contribution in [0, 0.1) is 0 Å². The number of carboxylic acid groups (broad SMARTS) is 2. The Morgan fingerprint density at radius 3 is 2.00 bits per heavy atom. The van der Waals surface area contributed by atoms with Gasteiger partial charge in [0.25, 0.3) is 0 Å². The van der Waals surface area contributed by atoms with Crippen molar-refractivity contribution in [3.8, 4) is 0 Å². The van der Waals surface area contributed by atoms with E-state index in [4.69, 9.17) is 5.11 Å². The maximum Gasteiger partial charge on any atom is 0.345 e. The Kier molecular flexibility index (Phi) is 3.97. The van der Waals surface area contributed by atoms with Crippen molar-refractivity contribution in [2.24, 2.45) is 0 Å². The summed E-state index contributed by atoms with van der Waals surface area (Å²) >= 11 is 2.19. The van der Waals surface area contributed by atoms with Gasteiger partial charge in [-0.1, -0.05) is 30.3 Å². The summed E-state index contributed by atoms with van der Waals surface area (Å²) in [6.45, 7) is 0. The van der Waals surface area contributed by atoms with E-state index < -0.39 is 23.6 Å². The number of carboxylic acids is 2. The highest BCUT2D eigenvalue weighted by Gasteiger charge is 2.30. The molecule has 23 heavy (non-hydrogen) atoms. The van der Waals surface area contributed by atoms with Crippen molar-refractivity contribution in [2.45, 2.75) is 5.92 Å². The average Bonchev–Trinajstić information content (AvgIpc) is 3.06. The molecule has 1 aromatic carbocycles. The number of rotatable bonds is 5. The number of Topliss-reactive ketones (excluding diaryl/α,β-unsaturated/α-hetero) is 1. The first-order valence-electron chi connectivity index (χ1n) is 6.56. The molecule has 0 aliphatic heterocycles. The maximum absolute atomic E-state index is 12.6. The minimum Gasteiger partial charge on any atom is -0.480 e. The molecule has 0 bridgehead atoms. The molecule has 0 amide bonds. The van der Waals surface area contributed by atoms with E-state index in [1.807, 2.05) is 0 Å². The van der Waals surface area contributed by atoms with Crippen LogP contribution in [0.1, 0.15) is 30.8 Å². The number of aromatic carboxylic acids is 1. The normalized spacial score (nSPS) is 12.2. The minimum absolute atomic E-state index is 0.197. The zero-order valence-electron chi connectivity index (χ0n) is 11.6. The molecule has 1 unspecified atom stereocenters. The fraction of sp³-hybridized carbons (Fsp3) is 0.0625. The number of benzene rings is 1. The Bertz CT molecular complexity index is 876. The summed E-state index contributed by atoms with van der Waals surface area (Å²) in [6.07, 6.45) is 0. The molecule has 0 spiro atoms. The van der Waals surface area contributed by atoms with Crippen molar-refractivity contribution in [1.82, 2.24) is 0 Å². The van der Waals surface area contributed by atoms with Crippen LogP contribution in [0.2, 0.25) is 0 Å². The van der Waals surface area contributed by atoms with Gasteiger partial charge in [0.15, 0.2) is 5.78 Å². The second-order valence-electron chi connectivity index (χ2n) is 4.80. The van der Waals surface area contributed by atoms with Crippen LogP contribution in [0.5, 0.6) is 0 Å². The van der Waals surface area contributed by atoms with Gasteiger partial charge in [-0.05, 0) is 17.7 Å². The monoisotopic (exact) mass is 346 g/mol. The van der Waals surface area contributed by atoms with Crippen molar-refractivity contribution in [3.05, 3.63) is 57.8 Å². The summed E-state index contributed by atoms with van der Waals surface area (Å²) in [6, 6.07) is 11.4. The van der Waals surface area contributed by atoms with E-state index in [0.29, 0.717) is 19.8 Å². The van der Waals surface area contributed by atoms with Crippen LogP contribution in [0.4, 0.5) is 0 Å². The van der Waals surface area contributed by atoms with Crippen LogP contribution in [0.3, 0.4) is 0 Å². The number of fused-ring (bicyclic) bond motifs is 1. The standard InChI is InChI=1S/C16H10O5S2/c17-14(13(16(20)21)8-4-2-1-3-5-8)11-6-9-10(22-11)7-12(23-9)15(18)19/h1-7,13H,(H,18,19)(H,20,21). The molecule has 5 nitrogen and oxygen atoms in total. The fourth-order valence-electron chi connectivity index (χ4n) is 2.26. The molecule has 0 aliphatic rings. The molecule has 3 aromatic rings. The fourth-order valence-corrected chi connectivity index (χ4v) is 4.46. The molecule has 0 aliphatic carbocycles. The molecule has 7 heteroatoms. The SMILES string of the molecule is O=C(O)c1cc2sc(C(=O)C(C(=O)O)c3ccccc3)cc2s1. The Labute approximate surface area is 138 Å². The lowest BCUT2D eigenvalue weighted by Crippen LogP contribution is -2.21. The predicted octanol–water partition coefficient (Wildman–Crippen LogP) is 3.71. The second-order valence-corrected chi connectivity index (χ2v) is 6.97. The van der Waals surface area contributed by atoms with Gasteiger partial charge in [-0.2, -0.15) is 0 Å². The first kappa shape index (κ1) is 15.4. The molecule has 0 saturated carbocycles. The van der Waals surface area contributed by atoms with Crippen molar-refractivity contribution >= 4 is 49.8 Å². The maximum atomic E-state index is 12.6. The minimum atomic E-state index is -1.26. The zero-order valence-corrected chi connectivity index (χ0v) is 13.2. The van der Waals surface area contributed by atoms with Gasteiger partial charge in [0.05, 0.1) is 4.88 Å². The van der Waals surface area contributed by atoms with Gasteiger partial charge < -0.3 is 10.2 Å². The largest absolute Gasteiger partial charge is 0.480 e. The lowest BCUT2D eigenvalue weighted by atomic mass is 9.94. The smallest absolute Gasteiger partial charge is 0.345 e. The van der Waals surface area contributed by atoms with Crippen molar-refractivity contribution in [3.63, 3.8) is 0 Å². The highest BCUT2D eigenvalue weighted by Crippen LogP contribution is 2.35. The van der Waals surface area contributed by atoms with E-state index >= 15 is 0 Å². The van der Waals surface area contributed by atoms with Gasteiger partial charge in [-0.15, -0.1) is 22.7 Å². The summed E-state index contributed by atoms with van der Waals surface area (Å²) < 4.78 is 1.35. The lowest BCUT2D eigenvalue weighted by molar-refractivity contribution is -0.137. The predicted molar refractivity (Wildman–Crippen MR) is 87.8 cm³/mol. The quantitative estimate of drug-likeness (QED) is 0.543. The number of hydrogen-bond donors (Lipinski definition) is 2. The molecule has 0 saturated heterocycles. The Morgan fingerprint density at radius 2 is 1.43 bits per heavy atom. The molecule has 2 N–H and O–H groups in total. The van der Waals surface area contributed by atoms with Gasteiger partial charge in [-0.25, -0.2) is 4.79 Å². The summed E-state index contributed by atoms with van der Waals surface area (Å²) in [4.78, 5) is 35.6. The first-order chi connectivity index (χ1) is 11.0. The molecule has 2 heterocycles. The van der Waals surface area contributed by atoms with Crippen molar-refractivity contribution in [2.75, 3.05) is 0 Å². The Hall–Kier alpha value is -2.51. The van der Waals surface area contributed by atoms with E-state index in [1.165, 1.54) is 6.07 Å².